The Morgan fingerprint density at radius 1 is 1.08 bits per heavy atom. The minimum Gasteiger partial charge on any atom is -0.387 e. The second-order valence-corrected chi connectivity index (χ2v) is 8.13. The average molecular weight is 371 g/mol. The largest absolute Gasteiger partial charge is 0.387 e. The zero-order chi connectivity index (χ0) is 18.3. The predicted octanol–water partition coefficient (Wildman–Crippen LogP) is 2.53. The van der Waals surface area contributed by atoms with Crippen LogP contribution in [-0.4, -0.2) is 37.7 Å². The Labute approximate surface area is 150 Å². The minimum atomic E-state index is -3.97. The molecule has 2 aliphatic rings. The van der Waals surface area contributed by atoms with Gasteiger partial charge in [0.15, 0.2) is 0 Å². The van der Waals surface area contributed by atoms with Gasteiger partial charge in [-0.1, -0.05) is 43.5 Å². The molecule has 7 heteroatoms. The van der Waals surface area contributed by atoms with Crippen LogP contribution in [0.25, 0.3) is 0 Å². The Morgan fingerprint density at radius 3 is 2.16 bits per heavy atom. The van der Waals surface area contributed by atoms with Crippen LogP contribution in [0.2, 0.25) is 0 Å². The first-order chi connectivity index (χ1) is 11.9. The Morgan fingerprint density at radius 2 is 1.68 bits per heavy atom. The van der Waals surface area contributed by atoms with Crippen LogP contribution in [0.4, 0.5) is 0 Å². The molecule has 0 saturated heterocycles. The second-order valence-electron chi connectivity index (χ2n) is 6.94. The normalized spacial score (nSPS) is 19.8. The maximum absolute atomic E-state index is 10.3. The van der Waals surface area contributed by atoms with Gasteiger partial charge in [0.1, 0.15) is 0 Å². The fraction of sp³-hybridized carbons (Fsp3) is 0.667. The van der Waals surface area contributed by atoms with Crippen molar-refractivity contribution in [3.8, 4) is 0 Å². The van der Waals surface area contributed by atoms with Crippen molar-refractivity contribution in [1.29, 1.82) is 0 Å². The zero-order valence-corrected chi connectivity index (χ0v) is 15.6. The van der Waals surface area contributed by atoms with E-state index in [1.807, 2.05) is 19.2 Å². The molecule has 0 amide bonds. The lowest BCUT2D eigenvalue weighted by Crippen LogP contribution is -2.35. The average Bonchev–Trinajstić information content (AvgIpc) is 3.40. The third kappa shape index (κ3) is 7.83. The summed E-state index contributed by atoms with van der Waals surface area (Å²) in [6, 6.07) is 8.32. The number of likely N-dealkylation sites (N-methyl/N-ethyl adjacent to an activating group) is 1. The van der Waals surface area contributed by atoms with E-state index in [0.29, 0.717) is 6.54 Å². The minimum absolute atomic E-state index is 0.0428. The van der Waals surface area contributed by atoms with E-state index in [1.54, 1.807) is 0 Å². The summed E-state index contributed by atoms with van der Waals surface area (Å²) in [5.74, 6) is 0.797. The molecule has 0 heterocycles. The van der Waals surface area contributed by atoms with Crippen molar-refractivity contribution < 1.29 is 18.1 Å². The molecule has 2 saturated carbocycles. The van der Waals surface area contributed by atoms with Crippen LogP contribution in [0.1, 0.15) is 68.1 Å². The summed E-state index contributed by atoms with van der Waals surface area (Å²) in [5, 5.41) is 12.7. The van der Waals surface area contributed by atoms with Gasteiger partial charge in [-0.3, -0.25) is 4.55 Å². The number of benzene rings is 1. The first-order valence-corrected chi connectivity index (χ1v) is 10.5. The molecule has 1 aromatic carbocycles. The Kier molecular flexibility index (Phi) is 7.83. The van der Waals surface area contributed by atoms with Crippen LogP contribution >= 0.6 is 0 Å². The molecule has 142 valence electrons. The maximum atomic E-state index is 10.3. The van der Waals surface area contributed by atoms with Crippen LogP contribution in [0, 0.1) is 0 Å². The number of aliphatic hydroxyl groups is 1. The third-order valence-electron chi connectivity index (χ3n) is 4.69. The van der Waals surface area contributed by atoms with Gasteiger partial charge in [-0.15, -0.1) is 0 Å². The standard InChI is InChI=1S/C12H17NO.C6H13NO3S/c1-13-8-12(14)11-6-4-10(5-7-11)9-2-3-9;8-11(9,10)7-6-4-2-1-3-5-6/h4-7,9,12-14H,2-3,8H2,1H3;6-7H,1-5H2,(H,8,9,10). The lowest BCUT2D eigenvalue weighted by atomic mass is 9.96. The van der Waals surface area contributed by atoms with Crippen LogP contribution in [-0.2, 0) is 10.3 Å². The number of hydrogen-bond acceptors (Lipinski definition) is 4. The summed E-state index contributed by atoms with van der Waals surface area (Å²) in [6.07, 6.45) is 7.24. The fourth-order valence-corrected chi connectivity index (χ4v) is 3.81. The van der Waals surface area contributed by atoms with Crippen molar-refractivity contribution in [3.63, 3.8) is 0 Å². The van der Waals surface area contributed by atoms with E-state index in [-0.39, 0.29) is 12.1 Å². The molecule has 6 nitrogen and oxygen atoms in total. The molecule has 1 unspecified atom stereocenters. The van der Waals surface area contributed by atoms with Crippen molar-refractivity contribution in [2.75, 3.05) is 13.6 Å². The summed E-state index contributed by atoms with van der Waals surface area (Å²) in [7, 11) is -2.12. The van der Waals surface area contributed by atoms with E-state index in [1.165, 1.54) is 24.8 Å². The molecule has 25 heavy (non-hydrogen) atoms. The maximum Gasteiger partial charge on any atom is 0.333 e. The van der Waals surface area contributed by atoms with E-state index in [2.05, 4.69) is 22.2 Å². The molecule has 1 aromatic rings. The Balaban J connectivity index is 0.000000186. The van der Waals surface area contributed by atoms with Crippen LogP contribution in [0.15, 0.2) is 24.3 Å². The highest BCUT2D eigenvalue weighted by Gasteiger charge is 2.23. The Hall–Kier alpha value is -0.990. The number of aliphatic hydroxyl groups excluding tert-OH is 1. The van der Waals surface area contributed by atoms with Gasteiger partial charge in [0, 0.05) is 12.6 Å². The van der Waals surface area contributed by atoms with Crippen molar-refractivity contribution in [2.24, 2.45) is 0 Å². The molecular weight excluding hydrogens is 340 g/mol. The number of hydrogen-bond donors (Lipinski definition) is 4. The van der Waals surface area contributed by atoms with Crippen molar-refractivity contribution in [1.82, 2.24) is 10.0 Å². The molecule has 0 aromatic heterocycles. The predicted molar refractivity (Wildman–Crippen MR) is 98.9 cm³/mol. The van der Waals surface area contributed by atoms with Gasteiger partial charge in [0.25, 0.3) is 0 Å². The van der Waals surface area contributed by atoms with Crippen molar-refractivity contribution >= 4 is 10.3 Å². The van der Waals surface area contributed by atoms with Crippen LogP contribution in [0.5, 0.6) is 0 Å². The van der Waals surface area contributed by atoms with Crippen LogP contribution in [0.3, 0.4) is 0 Å². The van der Waals surface area contributed by atoms with Gasteiger partial charge in [-0.25, -0.2) is 0 Å². The summed E-state index contributed by atoms with van der Waals surface area (Å²) in [6.45, 7) is 0.614. The molecule has 2 fully saturated rings. The summed E-state index contributed by atoms with van der Waals surface area (Å²) < 4.78 is 31.3. The number of nitrogens with one attached hydrogen (secondary N) is 2. The second kappa shape index (κ2) is 9.64. The molecule has 3 rings (SSSR count). The van der Waals surface area contributed by atoms with E-state index < -0.39 is 10.3 Å². The molecule has 4 N–H and O–H groups in total. The fourth-order valence-electron chi connectivity index (χ4n) is 3.15. The van der Waals surface area contributed by atoms with E-state index in [4.69, 9.17) is 4.55 Å². The van der Waals surface area contributed by atoms with Gasteiger partial charge < -0.3 is 10.4 Å². The molecule has 1 atom stereocenters. The molecule has 0 spiro atoms. The van der Waals surface area contributed by atoms with Crippen LogP contribution < -0.4 is 10.0 Å². The molecular formula is C18H30N2O4S. The lowest BCUT2D eigenvalue weighted by molar-refractivity contribution is 0.178. The van der Waals surface area contributed by atoms with Gasteiger partial charge in [0.2, 0.25) is 0 Å². The first kappa shape index (κ1) is 20.3. The highest BCUT2D eigenvalue weighted by atomic mass is 32.2. The summed E-state index contributed by atoms with van der Waals surface area (Å²) in [5.41, 5.74) is 2.43. The van der Waals surface area contributed by atoms with E-state index >= 15 is 0 Å². The van der Waals surface area contributed by atoms with E-state index in [0.717, 1.165) is 37.2 Å². The smallest absolute Gasteiger partial charge is 0.333 e. The van der Waals surface area contributed by atoms with E-state index in [9.17, 15) is 13.5 Å². The van der Waals surface area contributed by atoms with Gasteiger partial charge in [0.05, 0.1) is 6.10 Å². The highest BCUT2D eigenvalue weighted by Crippen LogP contribution is 2.40. The molecule has 0 aliphatic heterocycles. The van der Waals surface area contributed by atoms with Gasteiger partial charge in [-0.05, 0) is 49.8 Å². The number of rotatable bonds is 6. The SMILES string of the molecule is CNCC(O)c1ccc(C2CC2)cc1.O=S(=O)(O)NC1CCCCC1. The van der Waals surface area contributed by atoms with Gasteiger partial charge in [-0.2, -0.15) is 13.1 Å². The summed E-state index contributed by atoms with van der Waals surface area (Å²) >= 11 is 0. The van der Waals surface area contributed by atoms with Crippen molar-refractivity contribution in [3.05, 3.63) is 35.4 Å². The van der Waals surface area contributed by atoms with Crippen molar-refractivity contribution in [2.45, 2.75) is 63.0 Å². The quantitative estimate of drug-likeness (QED) is 0.577. The highest BCUT2D eigenvalue weighted by molar-refractivity contribution is 7.83. The lowest BCUT2D eigenvalue weighted by Gasteiger charge is -2.20. The summed E-state index contributed by atoms with van der Waals surface area (Å²) in [4.78, 5) is 0. The zero-order valence-electron chi connectivity index (χ0n) is 14.8. The monoisotopic (exact) mass is 370 g/mol. The first-order valence-electron chi connectivity index (χ1n) is 9.06. The van der Waals surface area contributed by atoms with Gasteiger partial charge >= 0.3 is 10.3 Å². The third-order valence-corrected chi connectivity index (χ3v) is 5.32. The Bertz CT molecular complexity index is 608. The molecule has 0 radical (unpaired) electrons. The topological polar surface area (TPSA) is 98.7 Å². The molecule has 2 aliphatic carbocycles. The molecule has 0 bridgehead atoms.